The Kier molecular flexibility index (Phi) is 19.6. The predicted octanol–water partition coefficient (Wildman–Crippen LogP) is -2.84. The molecule has 4 saturated heterocycles. The van der Waals surface area contributed by atoms with Gasteiger partial charge in [0.15, 0.2) is 25.2 Å². The summed E-state index contributed by atoms with van der Waals surface area (Å²) in [5.74, 6) is 0.287. The summed E-state index contributed by atoms with van der Waals surface area (Å²) in [6.07, 6.45) is -26.8. The Hall–Kier alpha value is -1.22. The third kappa shape index (κ3) is 11.3. The Labute approximate surface area is 461 Å². The van der Waals surface area contributed by atoms with Crippen LogP contribution in [0.3, 0.4) is 0 Å². The number of fused-ring (bicyclic) bond motifs is 5. The van der Waals surface area contributed by atoms with Crippen molar-refractivity contribution < 1.29 is 120 Å². The van der Waals surface area contributed by atoms with E-state index >= 15 is 0 Å². The van der Waals surface area contributed by atoms with E-state index < -0.39 is 184 Å². The molecule has 30 atom stereocenters. The average Bonchev–Trinajstić information content (AvgIpc) is 3.84. The van der Waals surface area contributed by atoms with Crippen molar-refractivity contribution in [3.8, 4) is 0 Å². The van der Waals surface area contributed by atoms with Gasteiger partial charge in [-0.2, -0.15) is 0 Å². The first-order valence-electron chi connectivity index (χ1n) is 28.6. The standard InChI is InChI=1S/C55H94O24/c1-9-23(24-16-17-53(6)31-13-11-25-26(55(31,8)32(59)18-54(24,53)7)12-15-33(51(25,2)3)77-48-44(69)40(65)36(61)28(20-57)74-48)10-14-34(52(4,5)71)78-50-46(79-49-45(70)41(66)37(62)29(21-58)75-49)42(67)38(63)30(76-50)22-72-47-43(68)39(64)35(60)27(19-56)73-47/h11,23-24,26-50,56-71H,9-10,12-22H2,1-8H3/t23-,24?,26?,27-,28-,29+,30-,31?,32-,33+,34-,35-,36-,37+,38-,39+,40+,41-,42+,43-,44-,45+,46-,47+,48+,49-,50+,53+,54-,55+/m1/s1. The Morgan fingerprint density at radius 2 is 1.10 bits per heavy atom. The summed E-state index contributed by atoms with van der Waals surface area (Å²) in [6.45, 7) is 13.5. The fraction of sp³-hybridized carbons (Fsp3) is 0.964. The van der Waals surface area contributed by atoms with Gasteiger partial charge in [-0.05, 0) is 99.7 Å². The lowest BCUT2D eigenvalue weighted by Gasteiger charge is -2.67. The van der Waals surface area contributed by atoms with Crippen LogP contribution in [-0.2, 0) is 37.9 Å². The molecule has 458 valence electrons. The minimum atomic E-state index is -1.93. The molecule has 24 nitrogen and oxygen atoms in total. The van der Waals surface area contributed by atoms with E-state index in [1.807, 2.05) is 0 Å². The number of allylic oxidation sites excluding steroid dienone is 1. The summed E-state index contributed by atoms with van der Waals surface area (Å²) in [4.78, 5) is 0. The molecule has 0 amide bonds. The molecule has 3 unspecified atom stereocenters. The molecule has 0 bridgehead atoms. The van der Waals surface area contributed by atoms with Gasteiger partial charge in [-0.15, -0.1) is 0 Å². The fourth-order valence-electron chi connectivity index (χ4n) is 15.9. The van der Waals surface area contributed by atoms with Crippen LogP contribution < -0.4 is 0 Å². The molecule has 0 aromatic rings. The zero-order valence-electron chi connectivity index (χ0n) is 46.8. The Morgan fingerprint density at radius 3 is 1.63 bits per heavy atom. The van der Waals surface area contributed by atoms with Gasteiger partial charge in [-0.25, -0.2) is 0 Å². The Morgan fingerprint density at radius 1 is 0.595 bits per heavy atom. The first-order chi connectivity index (χ1) is 37.0. The number of hydrogen-bond acceptors (Lipinski definition) is 24. The van der Waals surface area contributed by atoms with Gasteiger partial charge in [-0.1, -0.05) is 59.6 Å². The highest BCUT2D eigenvalue weighted by Gasteiger charge is 2.70. The molecule has 79 heavy (non-hydrogen) atoms. The molecule has 0 aromatic heterocycles. The molecule has 0 aromatic carbocycles. The van der Waals surface area contributed by atoms with Gasteiger partial charge < -0.3 is 120 Å². The molecule has 4 aliphatic heterocycles. The smallest absolute Gasteiger partial charge is 0.187 e. The Balaban J connectivity index is 1.00. The third-order valence-electron chi connectivity index (χ3n) is 21.1. The van der Waals surface area contributed by atoms with Gasteiger partial charge in [0.05, 0.1) is 50.3 Å². The second kappa shape index (κ2) is 24.3. The Bertz CT molecular complexity index is 2040. The molecular formula is C55H94O24. The van der Waals surface area contributed by atoms with Crippen LogP contribution in [0.4, 0.5) is 0 Å². The number of ether oxygens (including phenoxy) is 8. The predicted molar refractivity (Wildman–Crippen MR) is 272 cm³/mol. The summed E-state index contributed by atoms with van der Waals surface area (Å²) in [5, 5.41) is 173. The SMILES string of the molecule is CC[C@H](CC[C@@H](O[C@@H]1O[C@H](CO[C@H]2O[C@H](CO)[C@@H](O)[C@H](O)[C@H]2O)[C@@H](O)[C@H](O)[C@H]1O[C@H]1O[C@@H](CO)[C@H](O)[C@@H](O)[C@@H]1O)C(C)(C)O)C1CC[C@@]2(C)C3CC=C4C(CC[C@H](O[C@@H]5O[C@H](CO)[C@@H](O)[C@H](O)[C@H]5O)C4(C)C)[C@]3(C)[C@H](O)C[C@]12C. The number of aliphatic hydroxyl groups excluding tert-OH is 15. The molecule has 8 aliphatic rings. The molecule has 0 radical (unpaired) electrons. The van der Waals surface area contributed by atoms with Crippen LogP contribution in [0.15, 0.2) is 11.6 Å². The third-order valence-corrected chi connectivity index (χ3v) is 21.1. The van der Waals surface area contributed by atoms with E-state index in [9.17, 15) is 81.7 Å². The summed E-state index contributed by atoms with van der Waals surface area (Å²) in [6, 6.07) is 0. The lowest BCUT2D eigenvalue weighted by Crippen LogP contribution is -2.65. The molecule has 7 fully saturated rings. The minimum absolute atomic E-state index is 0.00651. The van der Waals surface area contributed by atoms with Crippen LogP contribution in [0.25, 0.3) is 0 Å². The van der Waals surface area contributed by atoms with Crippen LogP contribution in [0.2, 0.25) is 0 Å². The molecular weight excluding hydrogens is 1040 g/mol. The fourth-order valence-corrected chi connectivity index (χ4v) is 15.9. The van der Waals surface area contributed by atoms with Gasteiger partial charge >= 0.3 is 0 Å². The van der Waals surface area contributed by atoms with Gasteiger partial charge in [0.25, 0.3) is 0 Å². The summed E-state index contributed by atoms with van der Waals surface area (Å²) in [7, 11) is 0. The second-order valence-corrected chi connectivity index (χ2v) is 26.1. The van der Waals surface area contributed by atoms with Gasteiger partial charge in [0, 0.05) is 10.8 Å². The van der Waals surface area contributed by atoms with E-state index in [1.54, 1.807) is 0 Å². The van der Waals surface area contributed by atoms with E-state index in [1.165, 1.54) is 13.8 Å². The quantitative estimate of drug-likeness (QED) is 0.0615. The monoisotopic (exact) mass is 1140 g/mol. The number of aliphatic hydroxyl groups is 16. The second-order valence-electron chi connectivity index (χ2n) is 26.1. The average molecular weight is 1140 g/mol. The molecule has 24 heteroatoms. The summed E-state index contributed by atoms with van der Waals surface area (Å²) >= 11 is 0. The topological polar surface area (TPSA) is 398 Å². The van der Waals surface area contributed by atoms with Crippen molar-refractivity contribution >= 4 is 0 Å². The summed E-state index contributed by atoms with van der Waals surface area (Å²) in [5.41, 5.74) is -2.07. The zero-order chi connectivity index (χ0) is 58.2. The zero-order valence-corrected chi connectivity index (χ0v) is 46.8. The molecule has 3 saturated carbocycles. The summed E-state index contributed by atoms with van der Waals surface area (Å²) < 4.78 is 47.9. The van der Waals surface area contributed by atoms with E-state index in [0.717, 1.165) is 24.8 Å². The minimum Gasteiger partial charge on any atom is -0.394 e. The van der Waals surface area contributed by atoms with Gasteiger partial charge in [-0.3, -0.25) is 0 Å². The first-order valence-corrected chi connectivity index (χ1v) is 28.6. The maximum Gasteiger partial charge on any atom is 0.187 e. The van der Waals surface area contributed by atoms with Crippen LogP contribution in [0.1, 0.15) is 113 Å². The van der Waals surface area contributed by atoms with E-state index in [4.69, 9.17) is 37.9 Å². The van der Waals surface area contributed by atoms with E-state index in [2.05, 4.69) is 47.6 Å². The van der Waals surface area contributed by atoms with Crippen molar-refractivity contribution in [2.45, 2.75) is 260 Å². The highest BCUT2D eigenvalue weighted by atomic mass is 16.8. The molecule has 0 spiro atoms. The normalized spacial score (nSPS) is 50.9. The molecule has 8 rings (SSSR count). The van der Waals surface area contributed by atoms with E-state index in [-0.39, 0.29) is 40.9 Å². The van der Waals surface area contributed by atoms with Crippen molar-refractivity contribution in [3.63, 3.8) is 0 Å². The number of rotatable bonds is 18. The van der Waals surface area contributed by atoms with Crippen LogP contribution in [0, 0.1) is 45.3 Å². The molecule has 4 aliphatic carbocycles. The maximum atomic E-state index is 12.8. The van der Waals surface area contributed by atoms with Crippen LogP contribution >= 0.6 is 0 Å². The molecule has 4 heterocycles. The first kappa shape index (κ1) is 63.8. The van der Waals surface area contributed by atoms with Crippen molar-refractivity contribution in [2.24, 2.45) is 45.3 Å². The highest BCUT2D eigenvalue weighted by molar-refractivity contribution is 5.32. The lowest BCUT2D eigenvalue weighted by atomic mass is 9.38. The van der Waals surface area contributed by atoms with Gasteiger partial charge in [0.2, 0.25) is 0 Å². The molecule has 16 N–H and O–H groups in total. The van der Waals surface area contributed by atoms with Crippen molar-refractivity contribution in [2.75, 3.05) is 26.4 Å². The van der Waals surface area contributed by atoms with Crippen LogP contribution in [-0.4, -0.2) is 255 Å². The van der Waals surface area contributed by atoms with E-state index in [0.29, 0.717) is 32.1 Å². The van der Waals surface area contributed by atoms with Gasteiger partial charge in [0.1, 0.15) is 97.7 Å². The van der Waals surface area contributed by atoms with Crippen molar-refractivity contribution in [1.29, 1.82) is 0 Å². The number of hydrogen-bond donors (Lipinski definition) is 16. The highest BCUT2D eigenvalue weighted by Crippen LogP contribution is 2.75. The lowest BCUT2D eigenvalue weighted by molar-refractivity contribution is -0.380. The van der Waals surface area contributed by atoms with Crippen LogP contribution in [0.5, 0.6) is 0 Å². The van der Waals surface area contributed by atoms with Crippen molar-refractivity contribution in [1.82, 2.24) is 0 Å². The maximum absolute atomic E-state index is 12.8. The largest absolute Gasteiger partial charge is 0.394 e. The van der Waals surface area contributed by atoms with Crippen molar-refractivity contribution in [3.05, 3.63) is 11.6 Å².